The Morgan fingerprint density at radius 3 is 2.71 bits per heavy atom. The second-order valence-electron chi connectivity index (χ2n) is 5.22. The number of benzene rings is 1. The highest BCUT2D eigenvalue weighted by Gasteiger charge is 2.16. The summed E-state index contributed by atoms with van der Waals surface area (Å²) in [5, 5.41) is 10.8. The van der Waals surface area contributed by atoms with Crippen molar-refractivity contribution in [2.75, 3.05) is 31.6 Å². The van der Waals surface area contributed by atoms with Crippen LogP contribution in [0.25, 0.3) is 5.57 Å². The summed E-state index contributed by atoms with van der Waals surface area (Å²) in [5.74, 6) is 0.160. The highest BCUT2D eigenvalue weighted by Crippen LogP contribution is 2.25. The third kappa shape index (κ3) is 4.64. The first-order valence-corrected chi connectivity index (χ1v) is 8.75. The van der Waals surface area contributed by atoms with Gasteiger partial charge in [-0.05, 0) is 17.6 Å². The summed E-state index contributed by atoms with van der Waals surface area (Å²) in [6, 6.07) is 6.61. The summed E-state index contributed by atoms with van der Waals surface area (Å²) in [4.78, 5) is 12.5. The van der Waals surface area contributed by atoms with E-state index in [0.717, 1.165) is 24.1 Å². The van der Waals surface area contributed by atoms with E-state index in [2.05, 4.69) is 4.90 Å². The summed E-state index contributed by atoms with van der Waals surface area (Å²) in [7, 11) is -2.94. The number of nitro groups is 1. The zero-order valence-corrected chi connectivity index (χ0v) is 12.7. The van der Waals surface area contributed by atoms with Gasteiger partial charge < -0.3 is 0 Å². The van der Waals surface area contributed by atoms with Crippen molar-refractivity contribution in [3.8, 4) is 0 Å². The number of non-ortho nitro benzene ring substituents is 1. The maximum absolute atomic E-state index is 11.2. The molecule has 0 fully saturated rings. The van der Waals surface area contributed by atoms with Gasteiger partial charge in [0.15, 0.2) is 0 Å². The molecule has 2 rings (SSSR count). The van der Waals surface area contributed by atoms with Gasteiger partial charge in [0.1, 0.15) is 9.84 Å². The summed E-state index contributed by atoms with van der Waals surface area (Å²) < 4.78 is 22.3. The quantitative estimate of drug-likeness (QED) is 0.611. The van der Waals surface area contributed by atoms with Gasteiger partial charge in [-0.15, -0.1) is 0 Å². The van der Waals surface area contributed by atoms with Crippen molar-refractivity contribution < 1.29 is 13.3 Å². The molecule has 21 heavy (non-hydrogen) atoms. The zero-order chi connectivity index (χ0) is 15.5. The topological polar surface area (TPSA) is 80.5 Å². The molecule has 7 heteroatoms. The van der Waals surface area contributed by atoms with Crippen LogP contribution in [0.15, 0.2) is 30.3 Å². The fraction of sp³-hybridized carbons (Fsp3) is 0.429. The molecule has 0 N–H and O–H groups in total. The van der Waals surface area contributed by atoms with Crippen LogP contribution in [0.4, 0.5) is 5.69 Å². The van der Waals surface area contributed by atoms with Crippen molar-refractivity contribution in [2.45, 2.75) is 6.42 Å². The molecular weight excluding hydrogens is 292 g/mol. The fourth-order valence-corrected chi connectivity index (χ4v) is 2.88. The molecule has 6 nitrogen and oxygen atoms in total. The molecule has 1 aliphatic rings. The van der Waals surface area contributed by atoms with Crippen LogP contribution in [0.1, 0.15) is 12.0 Å². The number of nitrogens with zero attached hydrogens (tertiary/aromatic N) is 2. The molecule has 1 heterocycles. The van der Waals surface area contributed by atoms with Crippen LogP contribution in [0.2, 0.25) is 0 Å². The number of nitro benzene ring substituents is 1. The molecule has 114 valence electrons. The minimum Gasteiger partial charge on any atom is -0.298 e. The molecule has 1 aromatic carbocycles. The molecule has 1 aromatic rings. The molecule has 0 spiro atoms. The van der Waals surface area contributed by atoms with E-state index in [1.54, 1.807) is 12.1 Å². The summed E-state index contributed by atoms with van der Waals surface area (Å²) in [6.45, 7) is 1.97. The smallest absolute Gasteiger partial charge is 0.270 e. The first-order chi connectivity index (χ1) is 9.85. The fourth-order valence-electron chi connectivity index (χ4n) is 2.29. The van der Waals surface area contributed by atoms with Crippen molar-refractivity contribution >= 4 is 21.1 Å². The molecule has 0 aromatic heterocycles. The molecule has 0 saturated carbocycles. The largest absolute Gasteiger partial charge is 0.298 e. The van der Waals surface area contributed by atoms with E-state index in [1.165, 1.54) is 12.3 Å². The van der Waals surface area contributed by atoms with Crippen molar-refractivity contribution in [3.05, 3.63) is 46.0 Å². The Kier molecular flexibility index (Phi) is 4.74. The molecule has 0 saturated heterocycles. The van der Waals surface area contributed by atoms with Crippen LogP contribution in [0.5, 0.6) is 0 Å². The normalized spacial score (nSPS) is 16.5. The van der Waals surface area contributed by atoms with E-state index < -0.39 is 14.8 Å². The highest BCUT2D eigenvalue weighted by molar-refractivity contribution is 7.90. The average Bonchev–Trinajstić information content (AvgIpc) is 2.45. The van der Waals surface area contributed by atoms with Gasteiger partial charge in [0.25, 0.3) is 5.69 Å². The minimum absolute atomic E-state index is 0.0907. The van der Waals surface area contributed by atoms with Gasteiger partial charge in [0.05, 0.1) is 10.7 Å². The van der Waals surface area contributed by atoms with E-state index >= 15 is 0 Å². The van der Waals surface area contributed by atoms with Gasteiger partial charge in [-0.25, -0.2) is 8.42 Å². The monoisotopic (exact) mass is 310 g/mol. The average molecular weight is 310 g/mol. The summed E-state index contributed by atoms with van der Waals surface area (Å²) in [5.41, 5.74) is 2.04. The second-order valence-corrected chi connectivity index (χ2v) is 7.48. The lowest BCUT2D eigenvalue weighted by atomic mass is 9.99. The maximum atomic E-state index is 11.2. The summed E-state index contributed by atoms with van der Waals surface area (Å²) in [6.07, 6.45) is 4.02. The standard InChI is InChI=1S/C14H18N2O4S/c1-21(19,20)10-9-15-7-5-12(6-8-15)13-3-2-4-14(11-13)16(17)18/h2-5,11H,6-10H2,1H3. The van der Waals surface area contributed by atoms with Crippen molar-refractivity contribution in [1.82, 2.24) is 4.90 Å². The van der Waals surface area contributed by atoms with Crippen LogP contribution in [-0.4, -0.2) is 49.9 Å². The first-order valence-electron chi connectivity index (χ1n) is 6.69. The Labute approximate surface area is 124 Å². The molecule has 0 radical (unpaired) electrons. The van der Waals surface area contributed by atoms with Crippen LogP contribution >= 0.6 is 0 Å². The molecule has 1 aliphatic heterocycles. The van der Waals surface area contributed by atoms with Gasteiger partial charge in [0.2, 0.25) is 0 Å². The van der Waals surface area contributed by atoms with Gasteiger partial charge in [0, 0.05) is 38.0 Å². The first kappa shape index (κ1) is 15.7. The van der Waals surface area contributed by atoms with E-state index in [9.17, 15) is 18.5 Å². The lowest BCUT2D eigenvalue weighted by Crippen LogP contribution is -2.32. The SMILES string of the molecule is CS(=O)(=O)CCN1CC=C(c2cccc([N+](=O)[O-])c2)CC1. The van der Waals surface area contributed by atoms with Crippen LogP contribution in [-0.2, 0) is 9.84 Å². The number of hydrogen-bond acceptors (Lipinski definition) is 5. The summed E-state index contributed by atoms with van der Waals surface area (Å²) >= 11 is 0. The molecular formula is C14H18N2O4S. The maximum Gasteiger partial charge on any atom is 0.270 e. The van der Waals surface area contributed by atoms with Gasteiger partial charge in [-0.2, -0.15) is 0 Å². The van der Waals surface area contributed by atoms with E-state index in [1.807, 2.05) is 12.1 Å². The predicted octanol–water partition coefficient (Wildman–Crippen LogP) is 1.73. The molecule has 0 aliphatic carbocycles. The molecule has 0 amide bonds. The zero-order valence-electron chi connectivity index (χ0n) is 11.9. The number of sulfone groups is 1. The third-order valence-corrected chi connectivity index (χ3v) is 4.42. The van der Waals surface area contributed by atoms with Gasteiger partial charge in [-0.1, -0.05) is 18.2 Å². The Morgan fingerprint density at radius 2 is 2.14 bits per heavy atom. The van der Waals surface area contributed by atoms with E-state index in [-0.39, 0.29) is 11.4 Å². The van der Waals surface area contributed by atoms with E-state index in [4.69, 9.17) is 0 Å². The Bertz CT molecular complexity index is 667. The van der Waals surface area contributed by atoms with Crippen LogP contribution in [0, 0.1) is 10.1 Å². The van der Waals surface area contributed by atoms with Gasteiger partial charge in [-0.3, -0.25) is 15.0 Å². The Morgan fingerprint density at radius 1 is 1.38 bits per heavy atom. The van der Waals surface area contributed by atoms with Crippen LogP contribution < -0.4 is 0 Å². The predicted molar refractivity (Wildman–Crippen MR) is 81.8 cm³/mol. The van der Waals surface area contributed by atoms with Gasteiger partial charge >= 0.3 is 0 Å². The van der Waals surface area contributed by atoms with Crippen molar-refractivity contribution in [2.24, 2.45) is 0 Å². The van der Waals surface area contributed by atoms with Crippen molar-refractivity contribution in [3.63, 3.8) is 0 Å². The highest BCUT2D eigenvalue weighted by atomic mass is 32.2. The van der Waals surface area contributed by atoms with E-state index in [0.29, 0.717) is 13.1 Å². The Balaban J connectivity index is 2.02. The molecule has 0 atom stereocenters. The van der Waals surface area contributed by atoms with Crippen molar-refractivity contribution in [1.29, 1.82) is 0 Å². The lowest BCUT2D eigenvalue weighted by Gasteiger charge is -2.26. The van der Waals surface area contributed by atoms with Crippen LogP contribution in [0.3, 0.4) is 0 Å². The Hall–Kier alpha value is -1.73. The second kappa shape index (κ2) is 6.36. The lowest BCUT2D eigenvalue weighted by molar-refractivity contribution is -0.384. The molecule has 0 bridgehead atoms. The third-order valence-electron chi connectivity index (χ3n) is 3.50. The minimum atomic E-state index is -2.94. The molecule has 0 unspecified atom stereocenters. The number of hydrogen-bond donors (Lipinski definition) is 0. The number of rotatable bonds is 5.